The molecule has 0 N–H and O–H groups in total. The van der Waals surface area contributed by atoms with Crippen molar-refractivity contribution in [2.75, 3.05) is 19.4 Å². The van der Waals surface area contributed by atoms with Crippen molar-refractivity contribution in [2.45, 2.75) is 19.4 Å². The van der Waals surface area contributed by atoms with Crippen molar-refractivity contribution in [2.24, 2.45) is 0 Å². The average molecular weight is 255 g/mol. The van der Waals surface area contributed by atoms with Crippen LogP contribution in [-0.2, 0) is 16.6 Å². The molecule has 2 rings (SSSR count). The van der Waals surface area contributed by atoms with Crippen molar-refractivity contribution >= 4 is 10.0 Å². The Labute approximate surface area is 102 Å². The molecule has 5 heteroatoms. The molecule has 1 saturated heterocycles. The van der Waals surface area contributed by atoms with Crippen molar-refractivity contribution in [3.05, 3.63) is 29.8 Å². The Bertz CT molecular complexity index is 467. The topological polar surface area (TPSA) is 46.6 Å². The third-order valence-electron chi connectivity index (χ3n) is 2.97. The van der Waals surface area contributed by atoms with E-state index in [9.17, 15) is 8.42 Å². The number of hydrogen-bond donors (Lipinski definition) is 0. The van der Waals surface area contributed by atoms with E-state index in [1.54, 1.807) is 11.4 Å². The first-order valence-corrected chi connectivity index (χ1v) is 7.33. The van der Waals surface area contributed by atoms with Crippen LogP contribution in [0.15, 0.2) is 24.3 Å². The summed E-state index contributed by atoms with van der Waals surface area (Å²) in [6.07, 6.45) is 1.73. The highest BCUT2D eigenvalue weighted by molar-refractivity contribution is 7.89. The Morgan fingerprint density at radius 3 is 2.53 bits per heavy atom. The lowest BCUT2D eigenvalue weighted by atomic mass is 10.2. The number of sulfonamides is 1. The number of benzene rings is 1. The number of ether oxygens (including phenoxy) is 1. The van der Waals surface area contributed by atoms with Gasteiger partial charge >= 0.3 is 0 Å². The average Bonchev–Trinajstić information content (AvgIpc) is 2.33. The highest BCUT2D eigenvalue weighted by Gasteiger charge is 2.25. The summed E-state index contributed by atoms with van der Waals surface area (Å²) in [5, 5.41) is 0. The molecule has 1 aliphatic rings. The minimum Gasteiger partial charge on any atom is -0.497 e. The first-order valence-electron chi connectivity index (χ1n) is 5.72. The Morgan fingerprint density at radius 2 is 1.94 bits per heavy atom. The molecule has 0 spiro atoms. The third-order valence-corrected chi connectivity index (χ3v) is 4.87. The van der Waals surface area contributed by atoms with Crippen LogP contribution in [0.25, 0.3) is 0 Å². The first-order chi connectivity index (χ1) is 8.12. The lowest BCUT2D eigenvalue weighted by molar-refractivity contribution is 0.378. The van der Waals surface area contributed by atoms with Gasteiger partial charge in [-0.25, -0.2) is 8.42 Å². The molecule has 0 saturated carbocycles. The van der Waals surface area contributed by atoms with Crippen molar-refractivity contribution in [1.82, 2.24) is 4.31 Å². The van der Waals surface area contributed by atoms with Crippen molar-refractivity contribution < 1.29 is 13.2 Å². The maximum atomic E-state index is 11.8. The summed E-state index contributed by atoms with van der Waals surface area (Å²) >= 11 is 0. The molecule has 0 aromatic heterocycles. The van der Waals surface area contributed by atoms with E-state index >= 15 is 0 Å². The van der Waals surface area contributed by atoms with E-state index < -0.39 is 10.0 Å². The zero-order chi connectivity index (χ0) is 12.3. The van der Waals surface area contributed by atoms with Crippen molar-refractivity contribution in [3.63, 3.8) is 0 Å². The Kier molecular flexibility index (Phi) is 3.69. The Hall–Kier alpha value is -1.07. The molecule has 0 bridgehead atoms. The molecule has 4 nitrogen and oxygen atoms in total. The Morgan fingerprint density at radius 1 is 1.24 bits per heavy atom. The van der Waals surface area contributed by atoms with Crippen molar-refractivity contribution in [3.8, 4) is 5.75 Å². The van der Waals surface area contributed by atoms with Crippen LogP contribution in [0, 0.1) is 0 Å². The molecule has 1 fully saturated rings. The highest BCUT2D eigenvalue weighted by atomic mass is 32.2. The molecule has 0 amide bonds. The largest absolute Gasteiger partial charge is 0.497 e. The fourth-order valence-electron chi connectivity index (χ4n) is 1.95. The molecule has 0 unspecified atom stereocenters. The quantitative estimate of drug-likeness (QED) is 0.824. The predicted molar refractivity (Wildman–Crippen MR) is 66.4 cm³/mol. The zero-order valence-electron chi connectivity index (χ0n) is 9.93. The minimum absolute atomic E-state index is 0.281. The van der Waals surface area contributed by atoms with Gasteiger partial charge in [-0.15, -0.1) is 0 Å². The van der Waals surface area contributed by atoms with Gasteiger partial charge in [-0.05, 0) is 30.5 Å². The normalized spacial score (nSPS) is 20.1. The summed E-state index contributed by atoms with van der Waals surface area (Å²) in [4.78, 5) is 0. The van der Waals surface area contributed by atoms with Gasteiger partial charge in [0, 0.05) is 13.1 Å². The van der Waals surface area contributed by atoms with Gasteiger partial charge in [0.05, 0.1) is 12.9 Å². The SMILES string of the molecule is COc1ccc(CN2CCCCS2(=O)=O)cc1. The number of rotatable bonds is 3. The molecule has 1 aromatic carbocycles. The van der Waals surface area contributed by atoms with Gasteiger partial charge in [0.1, 0.15) is 5.75 Å². The second-order valence-corrected chi connectivity index (χ2v) is 6.29. The van der Waals surface area contributed by atoms with Crippen LogP contribution in [0.5, 0.6) is 5.75 Å². The van der Waals surface area contributed by atoms with Gasteiger partial charge in [0.25, 0.3) is 0 Å². The number of methoxy groups -OCH3 is 1. The molecule has 17 heavy (non-hydrogen) atoms. The summed E-state index contributed by atoms with van der Waals surface area (Å²) in [6.45, 7) is 1.10. The molecule has 0 aliphatic carbocycles. The lowest BCUT2D eigenvalue weighted by Gasteiger charge is -2.26. The van der Waals surface area contributed by atoms with Crippen LogP contribution in [-0.4, -0.2) is 32.1 Å². The van der Waals surface area contributed by atoms with E-state index in [1.807, 2.05) is 24.3 Å². The van der Waals surface area contributed by atoms with Gasteiger partial charge in [0.15, 0.2) is 0 Å². The molecule has 0 atom stereocenters. The molecule has 0 radical (unpaired) electrons. The third kappa shape index (κ3) is 2.98. The van der Waals surface area contributed by atoms with Gasteiger partial charge in [-0.2, -0.15) is 4.31 Å². The predicted octanol–water partition coefficient (Wildman–Crippen LogP) is 1.62. The molecule has 1 heterocycles. The van der Waals surface area contributed by atoms with Crippen LogP contribution >= 0.6 is 0 Å². The summed E-state index contributed by atoms with van der Waals surface area (Å²) in [7, 11) is -1.42. The monoisotopic (exact) mass is 255 g/mol. The van der Waals surface area contributed by atoms with Gasteiger partial charge in [-0.1, -0.05) is 12.1 Å². The van der Waals surface area contributed by atoms with Crippen LogP contribution in [0.1, 0.15) is 18.4 Å². The second kappa shape index (κ2) is 5.06. The minimum atomic E-state index is -3.04. The van der Waals surface area contributed by atoms with Crippen LogP contribution in [0.3, 0.4) is 0 Å². The van der Waals surface area contributed by atoms with E-state index in [2.05, 4.69) is 0 Å². The summed E-state index contributed by atoms with van der Waals surface area (Å²) < 4.78 is 30.3. The molecule has 94 valence electrons. The van der Waals surface area contributed by atoms with Crippen LogP contribution < -0.4 is 4.74 Å². The summed E-state index contributed by atoms with van der Waals surface area (Å²) in [5.41, 5.74) is 0.997. The smallest absolute Gasteiger partial charge is 0.214 e. The first kappa shape index (κ1) is 12.4. The highest BCUT2D eigenvalue weighted by Crippen LogP contribution is 2.18. The van der Waals surface area contributed by atoms with Crippen molar-refractivity contribution in [1.29, 1.82) is 0 Å². The maximum Gasteiger partial charge on any atom is 0.214 e. The molecule has 1 aliphatic heterocycles. The molecule has 1 aromatic rings. The maximum absolute atomic E-state index is 11.8. The number of nitrogens with zero attached hydrogens (tertiary/aromatic N) is 1. The van der Waals surface area contributed by atoms with E-state index in [1.165, 1.54) is 0 Å². The van der Waals surface area contributed by atoms with E-state index in [0.29, 0.717) is 13.1 Å². The number of hydrogen-bond acceptors (Lipinski definition) is 3. The van der Waals surface area contributed by atoms with Gasteiger partial charge in [-0.3, -0.25) is 0 Å². The van der Waals surface area contributed by atoms with Gasteiger partial charge < -0.3 is 4.74 Å². The van der Waals surface area contributed by atoms with E-state index in [0.717, 1.165) is 24.2 Å². The second-order valence-electron chi connectivity index (χ2n) is 4.20. The fourth-order valence-corrected chi connectivity index (χ4v) is 3.53. The summed E-state index contributed by atoms with van der Waals surface area (Å²) in [5.74, 6) is 1.07. The van der Waals surface area contributed by atoms with E-state index in [-0.39, 0.29) is 5.75 Å². The van der Waals surface area contributed by atoms with E-state index in [4.69, 9.17) is 4.74 Å². The summed E-state index contributed by atoms with van der Waals surface area (Å²) in [6, 6.07) is 7.52. The van der Waals surface area contributed by atoms with Crippen LogP contribution in [0.2, 0.25) is 0 Å². The Balaban J connectivity index is 2.09. The zero-order valence-corrected chi connectivity index (χ0v) is 10.7. The molecular formula is C12H17NO3S. The molecular weight excluding hydrogens is 238 g/mol. The van der Waals surface area contributed by atoms with Crippen LogP contribution in [0.4, 0.5) is 0 Å². The van der Waals surface area contributed by atoms with Gasteiger partial charge in [0.2, 0.25) is 10.0 Å². The standard InChI is InChI=1S/C12H17NO3S/c1-16-12-6-4-11(5-7-12)10-13-8-2-3-9-17(13,14)15/h4-7H,2-3,8-10H2,1H3. The fraction of sp³-hybridized carbons (Fsp3) is 0.500. The lowest BCUT2D eigenvalue weighted by Crippen LogP contribution is -2.37.